The highest BCUT2D eigenvalue weighted by Gasteiger charge is 2.23. The second kappa shape index (κ2) is 5.88. The van der Waals surface area contributed by atoms with Gasteiger partial charge in [0.1, 0.15) is 0 Å². The van der Waals surface area contributed by atoms with Crippen molar-refractivity contribution in [2.75, 3.05) is 5.32 Å². The molecule has 0 saturated carbocycles. The first-order chi connectivity index (χ1) is 9.67. The van der Waals surface area contributed by atoms with Crippen molar-refractivity contribution in [3.63, 3.8) is 0 Å². The number of hydrogen-bond donors (Lipinski definition) is 1. The molecule has 3 rings (SSSR count). The zero-order valence-corrected chi connectivity index (χ0v) is 14.6. The third kappa shape index (κ3) is 2.78. The van der Waals surface area contributed by atoms with E-state index < -0.39 is 0 Å². The number of thiophene rings is 1. The van der Waals surface area contributed by atoms with Crippen LogP contribution in [0.4, 0.5) is 5.69 Å². The van der Waals surface area contributed by atoms with Gasteiger partial charge in [-0.1, -0.05) is 0 Å². The predicted molar refractivity (Wildman–Crippen MR) is 90.2 cm³/mol. The molecular weight excluding hydrogens is 400 g/mol. The summed E-state index contributed by atoms with van der Waals surface area (Å²) >= 11 is 8.96. The summed E-state index contributed by atoms with van der Waals surface area (Å²) in [7, 11) is 0. The maximum atomic E-state index is 8.91. The van der Waals surface area contributed by atoms with Crippen LogP contribution in [0.1, 0.15) is 34.9 Å². The van der Waals surface area contributed by atoms with Crippen LogP contribution >= 0.6 is 43.2 Å². The molecule has 20 heavy (non-hydrogen) atoms. The second-order valence-corrected chi connectivity index (χ2v) is 8.19. The largest absolute Gasteiger partial charge is 0.377 e. The lowest BCUT2D eigenvalue weighted by Crippen LogP contribution is -2.15. The van der Waals surface area contributed by atoms with E-state index >= 15 is 0 Å². The maximum Gasteiger partial charge on any atom is 0.0992 e. The lowest BCUT2D eigenvalue weighted by atomic mass is 9.94. The summed E-state index contributed by atoms with van der Waals surface area (Å²) in [5.74, 6) is 0. The summed E-state index contributed by atoms with van der Waals surface area (Å²) in [6.45, 7) is 0. The van der Waals surface area contributed by atoms with Crippen molar-refractivity contribution < 1.29 is 0 Å². The Labute approximate surface area is 139 Å². The van der Waals surface area contributed by atoms with E-state index in [0.29, 0.717) is 11.6 Å². The molecule has 1 aromatic carbocycles. The third-order valence-corrected chi connectivity index (χ3v) is 5.88. The summed E-state index contributed by atoms with van der Waals surface area (Å²) < 4.78 is 2.15. The van der Waals surface area contributed by atoms with E-state index in [9.17, 15) is 0 Å². The van der Waals surface area contributed by atoms with Crippen LogP contribution in [0, 0.1) is 11.3 Å². The minimum atomic E-state index is 0.352. The number of nitrogens with one attached hydrogen (secondary N) is 1. The highest BCUT2D eigenvalue weighted by molar-refractivity contribution is 9.11. The number of rotatable bonds is 2. The molecule has 2 aromatic rings. The highest BCUT2D eigenvalue weighted by atomic mass is 79.9. The zero-order chi connectivity index (χ0) is 14.1. The van der Waals surface area contributed by atoms with Crippen molar-refractivity contribution in [3.05, 3.63) is 48.5 Å². The first-order valence-electron chi connectivity index (χ1n) is 6.41. The third-order valence-electron chi connectivity index (χ3n) is 3.51. The average Bonchev–Trinajstić information content (AvgIpc) is 2.82. The molecule has 1 unspecified atom stereocenters. The Kier molecular flexibility index (Phi) is 4.16. The van der Waals surface area contributed by atoms with E-state index in [4.69, 9.17) is 5.26 Å². The van der Waals surface area contributed by atoms with Gasteiger partial charge in [-0.3, -0.25) is 0 Å². The molecule has 0 amide bonds. The molecule has 2 nitrogen and oxygen atoms in total. The van der Waals surface area contributed by atoms with E-state index in [1.54, 1.807) is 0 Å². The lowest BCUT2D eigenvalue weighted by Gasteiger charge is -2.25. The standard InChI is InChI=1S/C15H12Br2N2S/c16-11-6-9(8-18)4-5-13(11)19-12-2-1-3-14-10(12)7-15(17)20-14/h4-7,12,19H,1-3H2. The number of halogens is 2. The minimum absolute atomic E-state index is 0.352. The van der Waals surface area contributed by atoms with Crippen LogP contribution in [0.15, 0.2) is 32.5 Å². The zero-order valence-electron chi connectivity index (χ0n) is 10.6. The van der Waals surface area contributed by atoms with Crippen LogP contribution in [0.3, 0.4) is 0 Å². The fourth-order valence-corrected chi connectivity index (χ4v) is 4.87. The molecular formula is C15H12Br2N2S. The summed E-state index contributed by atoms with van der Waals surface area (Å²) in [6.07, 6.45) is 3.53. The molecule has 0 saturated heterocycles. The first-order valence-corrected chi connectivity index (χ1v) is 8.82. The molecule has 1 aliphatic carbocycles. The number of nitriles is 1. The number of fused-ring (bicyclic) bond motifs is 1. The van der Waals surface area contributed by atoms with Gasteiger partial charge in [-0.25, -0.2) is 0 Å². The Morgan fingerprint density at radius 3 is 2.90 bits per heavy atom. The van der Waals surface area contributed by atoms with E-state index in [1.165, 1.54) is 27.1 Å². The SMILES string of the molecule is N#Cc1ccc(NC2CCCc3sc(Br)cc32)c(Br)c1. The van der Waals surface area contributed by atoms with Crippen LogP contribution < -0.4 is 5.32 Å². The quantitative estimate of drug-likeness (QED) is 0.694. The Balaban J connectivity index is 1.87. The molecule has 0 aliphatic heterocycles. The van der Waals surface area contributed by atoms with Crippen molar-refractivity contribution in [1.82, 2.24) is 0 Å². The number of nitrogens with zero attached hydrogens (tertiary/aromatic N) is 1. The first kappa shape index (κ1) is 14.1. The average molecular weight is 412 g/mol. The molecule has 0 bridgehead atoms. The van der Waals surface area contributed by atoms with Gasteiger partial charge in [0, 0.05) is 15.0 Å². The van der Waals surface area contributed by atoms with Gasteiger partial charge in [0.05, 0.1) is 21.5 Å². The van der Waals surface area contributed by atoms with E-state index in [2.05, 4.69) is 49.3 Å². The lowest BCUT2D eigenvalue weighted by molar-refractivity contribution is 0.608. The molecule has 0 spiro atoms. The van der Waals surface area contributed by atoms with Gasteiger partial charge in [0.15, 0.2) is 0 Å². The van der Waals surface area contributed by atoms with Crippen molar-refractivity contribution in [2.24, 2.45) is 0 Å². The van der Waals surface area contributed by atoms with Gasteiger partial charge < -0.3 is 5.32 Å². The van der Waals surface area contributed by atoms with Crippen LogP contribution in [0.5, 0.6) is 0 Å². The monoisotopic (exact) mass is 410 g/mol. The fourth-order valence-electron chi connectivity index (χ4n) is 2.56. The summed E-state index contributed by atoms with van der Waals surface area (Å²) in [5.41, 5.74) is 3.12. The van der Waals surface area contributed by atoms with Crippen molar-refractivity contribution in [1.29, 1.82) is 5.26 Å². The van der Waals surface area contributed by atoms with E-state index in [1.807, 2.05) is 29.5 Å². The Bertz CT molecular complexity index is 688. The maximum absolute atomic E-state index is 8.91. The smallest absolute Gasteiger partial charge is 0.0992 e. The van der Waals surface area contributed by atoms with Gasteiger partial charge in [-0.15, -0.1) is 11.3 Å². The molecule has 5 heteroatoms. The van der Waals surface area contributed by atoms with Gasteiger partial charge in [-0.05, 0) is 81.0 Å². The van der Waals surface area contributed by atoms with Crippen LogP contribution in [-0.4, -0.2) is 0 Å². The summed E-state index contributed by atoms with van der Waals surface area (Å²) in [6, 6.07) is 10.4. The van der Waals surface area contributed by atoms with Crippen molar-refractivity contribution in [3.8, 4) is 6.07 Å². The van der Waals surface area contributed by atoms with Crippen LogP contribution in [-0.2, 0) is 6.42 Å². The van der Waals surface area contributed by atoms with Crippen LogP contribution in [0.2, 0.25) is 0 Å². The van der Waals surface area contributed by atoms with Crippen molar-refractivity contribution >= 4 is 48.9 Å². The molecule has 1 N–H and O–H groups in total. The number of benzene rings is 1. The molecule has 1 heterocycles. The highest BCUT2D eigenvalue weighted by Crippen LogP contribution is 2.40. The molecule has 0 radical (unpaired) electrons. The number of hydrogen-bond acceptors (Lipinski definition) is 3. The normalized spacial score (nSPS) is 17.4. The second-order valence-electron chi connectivity index (χ2n) is 4.82. The molecule has 0 fully saturated rings. The molecule has 102 valence electrons. The minimum Gasteiger partial charge on any atom is -0.377 e. The Hall–Kier alpha value is -0.830. The Morgan fingerprint density at radius 1 is 1.30 bits per heavy atom. The number of aryl methyl sites for hydroxylation is 1. The van der Waals surface area contributed by atoms with Crippen molar-refractivity contribution in [2.45, 2.75) is 25.3 Å². The summed E-state index contributed by atoms with van der Waals surface area (Å²) in [4.78, 5) is 1.48. The van der Waals surface area contributed by atoms with Crippen LogP contribution in [0.25, 0.3) is 0 Å². The fraction of sp³-hybridized carbons (Fsp3) is 0.267. The van der Waals surface area contributed by atoms with E-state index in [0.717, 1.165) is 16.6 Å². The molecule has 1 aliphatic rings. The van der Waals surface area contributed by atoms with Gasteiger partial charge in [0.2, 0.25) is 0 Å². The molecule has 1 atom stereocenters. The predicted octanol–water partition coefficient (Wildman–Crippen LogP) is 5.63. The topological polar surface area (TPSA) is 35.8 Å². The van der Waals surface area contributed by atoms with Gasteiger partial charge >= 0.3 is 0 Å². The van der Waals surface area contributed by atoms with E-state index in [-0.39, 0.29) is 0 Å². The number of anilines is 1. The van der Waals surface area contributed by atoms with Gasteiger partial charge in [-0.2, -0.15) is 5.26 Å². The molecule has 1 aromatic heterocycles. The van der Waals surface area contributed by atoms with Gasteiger partial charge in [0.25, 0.3) is 0 Å². The Morgan fingerprint density at radius 2 is 2.15 bits per heavy atom. The summed E-state index contributed by atoms with van der Waals surface area (Å²) in [5, 5.41) is 12.5.